The molecule has 1 aromatic carbocycles. The number of halogens is 2. The third-order valence-corrected chi connectivity index (χ3v) is 3.14. The van der Waals surface area contributed by atoms with Crippen LogP contribution in [0, 0.1) is 11.3 Å². The second-order valence-electron chi connectivity index (χ2n) is 3.95. The summed E-state index contributed by atoms with van der Waals surface area (Å²) < 4.78 is 0. The third-order valence-electron chi connectivity index (χ3n) is 2.57. The summed E-state index contributed by atoms with van der Waals surface area (Å²) in [4.78, 5) is 4.18. The van der Waals surface area contributed by atoms with Crippen LogP contribution in [0.25, 0.3) is 0 Å². The Morgan fingerprint density at radius 1 is 1.15 bits per heavy atom. The van der Waals surface area contributed by atoms with Crippen LogP contribution in [0.15, 0.2) is 30.3 Å². The first kappa shape index (κ1) is 14.4. The van der Waals surface area contributed by atoms with Crippen LogP contribution < -0.4 is 16.6 Å². The van der Waals surface area contributed by atoms with Crippen LogP contribution in [0.5, 0.6) is 0 Å². The van der Waals surface area contributed by atoms with Crippen LogP contribution in [0.1, 0.15) is 5.56 Å². The van der Waals surface area contributed by atoms with Gasteiger partial charge in [0.1, 0.15) is 0 Å². The number of hydrogen-bond donors (Lipinski definition) is 3. The predicted molar refractivity (Wildman–Crippen MR) is 81.1 cm³/mol. The van der Waals surface area contributed by atoms with Gasteiger partial charge in [0, 0.05) is 5.69 Å². The lowest BCUT2D eigenvalue weighted by molar-refractivity contribution is 1.22. The van der Waals surface area contributed by atoms with Crippen molar-refractivity contribution in [2.45, 2.75) is 6.42 Å². The fraction of sp³-hybridized carbons (Fsp3) is 0.0769. The molecule has 0 fully saturated rings. The number of rotatable bonds is 4. The maximum atomic E-state index is 8.62. The smallest absolute Gasteiger partial charge is 0.161 e. The van der Waals surface area contributed by atoms with Gasteiger partial charge in [-0.05, 0) is 23.8 Å². The van der Waals surface area contributed by atoms with Gasteiger partial charge in [0.25, 0.3) is 0 Å². The van der Waals surface area contributed by atoms with E-state index in [4.69, 9.17) is 34.3 Å². The molecule has 0 aliphatic rings. The van der Waals surface area contributed by atoms with Gasteiger partial charge in [-0.1, -0.05) is 35.3 Å². The molecule has 0 aliphatic carbocycles. The molecule has 0 saturated carbocycles. The summed E-state index contributed by atoms with van der Waals surface area (Å²) in [6.45, 7) is 0. The van der Waals surface area contributed by atoms with Gasteiger partial charge in [0.05, 0.1) is 22.5 Å². The molecule has 0 spiro atoms. The number of nitriles is 1. The van der Waals surface area contributed by atoms with E-state index in [-0.39, 0.29) is 0 Å². The molecule has 0 unspecified atom stereocenters. The lowest BCUT2D eigenvalue weighted by Gasteiger charge is -2.10. The van der Waals surface area contributed by atoms with E-state index in [1.807, 2.05) is 24.3 Å². The number of anilines is 3. The van der Waals surface area contributed by atoms with Crippen molar-refractivity contribution >= 4 is 40.5 Å². The molecule has 0 radical (unpaired) electrons. The largest absolute Gasteiger partial charge is 0.339 e. The number of nitrogens with zero attached hydrogens (tertiary/aromatic N) is 2. The van der Waals surface area contributed by atoms with Crippen molar-refractivity contribution in [3.05, 3.63) is 45.9 Å². The zero-order chi connectivity index (χ0) is 14.5. The van der Waals surface area contributed by atoms with Gasteiger partial charge in [-0.2, -0.15) is 5.26 Å². The molecule has 1 heterocycles. The van der Waals surface area contributed by atoms with Crippen LogP contribution in [0.3, 0.4) is 0 Å². The van der Waals surface area contributed by atoms with Crippen molar-refractivity contribution in [2.75, 3.05) is 10.7 Å². The molecule has 2 aromatic rings. The molecule has 2 rings (SSSR count). The molecule has 4 N–H and O–H groups in total. The summed E-state index contributed by atoms with van der Waals surface area (Å²) in [5, 5.41) is 12.4. The molecule has 20 heavy (non-hydrogen) atoms. The maximum Gasteiger partial charge on any atom is 0.161 e. The molecule has 5 nitrogen and oxygen atoms in total. The highest BCUT2D eigenvalue weighted by atomic mass is 35.5. The normalized spacial score (nSPS) is 9.90. The highest BCUT2D eigenvalue weighted by Crippen LogP contribution is 2.30. The van der Waals surface area contributed by atoms with E-state index in [9.17, 15) is 0 Å². The van der Waals surface area contributed by atoms with E-state index in [0.29, 0.717) is 28.1 Å². The number of nitrogens with one attached hydrogen (secondary N) is 2. The summed E-state index contributed by atoms with van der Waals surface area (Å²) in [5.41, 5.74) is 4.14. The van der Waals surface area contributed by atoms with E-state index in [1.54, 1.807) is 6.07 Å². The average molecular weight is 308 g/mol. The number of pyridine rings is 1. The molecule has 0 atom stereocenters. The van der Waals surface area contributed by atoms with Crippen LogP contribution >= 0.6 is 23.2 Å². The fourth-order valence-corrected chi connectivity index (χ4v) is 2.05. The summed E-state index contributed by atoms with van der Waals surface area (Å²) in [6.07, 6.45) is 0.376. The highest BCUT2D eigenvalue weighted by Gasteiger charge is 2.08. The number of aromatic nitrogens is 1. The van der Waals surface area contributed by atoms with E-state index < -0.39 is 0 Å². The molecular weight excluding hydrogens is 297 g/mol. The van der Waals surface area contributed by atoms with Crippen LogP contribution in [-0.4, -0.2) is 4.98 Å². The zero-order valence-corrected chi connectivity index (χ0v) is 11.8. The first-order valence-corrected chi connectivity index (χ1v) is 6.45. The third kappa shape index (κ3) is 3.31. The molecule has 1 aromatic heterocycles. The minimum Gasteiger partial charge on any atom is -0.339 e. The van der Waals surface area contributed by atoms with Crippen molar-refractivity contribution in [1.82, 2.24) is 4.98 Å². The Morgan fingerprint density at radius 2 is 1.80 bits per heavy atom. The summed E-state index contributed by atoms with van der Waals surface area (Å²) in [7, 11) is 0. The SMILES string of the molecule is N#CCc1ccc(Nc2nc(NN)c(Cl)cc2Cl)cc1. The monoisotopic (exact) mass is 307 g/mol. The van der Waals surface area contributed by atoms with Gasteiger partial charge in [0.15, 0.2) is 11.6 Å². The fourth-order valence-electron chi connectivity index (χ4n) is 1.59. The molecule has 0 aliphatic heterocycles. The number of nitrogens with two attached hydrogens (primary N) is 1. The first-order chi connectivity index (χ1) is 9.63. The molecule has 102 valence electrons. The van der Waals surface area contributed by atoms with Crippen LogP contribution in [0.4, 0.5) is 17.3 Å². The number of hydrogen-bond acceptors (Lipinski definition) is 5. The van der Waals surface area contributed by atoms with E-state index >= 15 is 0 Å². The lowest BCUT2D eigenvalue weighted by Crippen LogP contribution is -2.10. The van der Waals surface area contributed by atoms with E-state index in [0.717, 1.165) is 11.3 Å². The minimum absolute atomic E-state index is 0.333. The van der Waals surface area contributed by atoms with E-state index in [1.165, 1.54) is 0 Å². The summed E-state index contributed by atoms with van der Waals surface area (Å²) in [5.74, 6) is 6.09. The summed E-state index contributed by atoms with van der Waals surface area (Å²) >= 11 is 12.0. The Hall–Kier alpha value is -2.00. The average Bonchev–Trinajstić information content (AvgIpc) is 2.44. The molecule has 0 saturated heterocycles. The molecular formula is C13H11Cl2N5. The van der Waals surface area contributed by atoms with Gasteiger partial charge in [-0.25, -0.2) is 10.8 Å². The van der Waals surface area contributed by atoms with Crippen molar-refractivity contribution in [2.24, 2.45) is 5.84 Å². The minimum atomic E-state index is 0.333. The number of hydrazine groups is 1. The lowest BCUT2D eigenvalue weighted by atomic mass is 10.1. The van der Waals surface area contributed by atoms with Gasteiger partial charge in [0.2, 0.25) is 0 Å². The van der Waals surface area contributed by atoms with Crippen molar-refractivity contribution in [1.29, 1.82) is 5.26 Å². The van der Waals surface area contributed by atoms with Crippen molar-refractivity contribution < 1.29 is 0 Å². The molecule has 7 heteroatoms. The van der Waals surface area contributed by atoms with Crippen molar-refractivity contribution in [3.63, 3.8) is 0 Å². The Bertz CT molecular complexity index is 649. The number of benzene rings is 1. The van der Waals surface area contributed by atoms with Crippen LogP contribution in [0.2, 0.25) is 10.0 Å². The number of nitrogen functional groups attached to an aromatic ring is 1. The predicted octanol–water partition coefficient (Wildman–Crippen LogP) is 3.48. The van der Waals surface area contributed by atoms with Gasteiger partial charge in [-0.15, -0.1) is 0 Å². The topological polar surface area (TPSA) is 86.8 Å². The summed E-state index contributed by atoms with van der Waals surface area (Å²) in [6, 6.07) is 11.0. The second kappa shape index (κ2) is 6.44. The van der Waals surface area contributed by atoms with Gasteiger partial charge in [-0.3, -0.25) is 0 Å². The Labute approximate surface area is 126 Å². The van der Waals surface area contributed by atoms with Gasteiger partial charge >= 0.3 is 0 Å². The second-order valence-corrected chi connectivity index (χ2v) is 4.76. The Kier molecular flexibility index (Phi) is 4.64. The highest BCUT2D eigenvalue weighted by molar-refractivity contribution is 6.37. The maximum absolute atomic E-state index is 8.62. The van der Waals surface area contributed by atoms with Crippen molar-refractivity contribution in [3.8, 4) is 6.07 Å². The zero-order valence-electron chi connectivity index (χ0n) is 10.3. The Balaban J connectivity index is 2.23. The standard InChI is InChI=1S/C13H11Cl2N5/c14-10-7-11(15)13(20-17)19-12(10)18-9-3-1-8(2-4-9)5-6-16/h1-4,7H,5,17H2,(H2,18,19,20). The Morgan fingerprint density at radius 3 is 2.40 bits per heavy atom. The van der Waals surface area contributed by atoms with Crippen LogP contribution in [-0.2, 0) is 6.42 Å². The molecule has 0 bridgehead atoms. The first-order valence-electron chi connectivity index (χ1n) is 5.69. The van der Waals surface area contributed by atoms with Gasteiger partial charge < -0.3 is 10.7 Å². The quantitative estimate of drug-likeness (QED) is 0.594. The molecule has 0 amide bonds. The van der Waals surface area contributed by atoms with E-state index in [2.05, 4.69) is 21.8 Å².